The van der Waals surface area contributed by atoms with Gasteiger partial charge in [-0.15, -0.1) is 10.2 Å². The summed E-state index contributed by atoms with van der Waals surface area (Å²) in [6.45, 7) is 1.95. The zero-order valence-corrected chi connectivity index (χ0v) is 20.8. The maximum Gasteiger partial charge on any atom is 0.165 e. The number of nitrogens with zero attached hydrogens (tertiary/aromatic N) is 5. The third-order valence-corrected chi connectivity index (χ3v) is 7.29. The second-order valence-electron chi connectivity index (χ2n) is 9.35. The second kappa shape index (κ2) is 9.06. The van der Waals surface area contributed by atoms with Gasteiger partial charge in [0.25, 0.3) is 0 Å². The number of aryl methyl sites for hydroxylation is 1. The van der Waals surface area contributed by atoms with Gasteiger partial charge in [-0.25, -0.2) is 9.37 Å². The lowest BCUT2D eigenvalue weighted by molar-refractivity contribution is 0.237. The van der Waals surface area contributed by atoms with Crippen molar-refractivity contribution in [2.45, 2.75) is 32.2 Å². The summed E-state index contributed by atoms with van der Waals surface area (Å²) in [6, 6.07) is 14.6. The van der Waals surface area contributed by atoms with E-state index in [0.29, 0.717) is 16.7 Å². The van der Waals surface area contributed by atoms with Crippen molar-refractivity contribution in [1.82, 2.24) is 24.3 Å². The summed E-state index contributed by atoms with van der Waals surface area (Å²) in [5.41, 5.74) is 5.34. The monoisotopic (exact) mass is 501 g/mol. The van der Waals surface area contributed by atoms with Gasteiger partial charge in [-0.3, -0.25) is 0 Å². The summed E-state index contributed by atoms with van der Waals surface area (Å²) in [5, 5.41) is 9.78. The minimum Gasteiger partial charge on any atom is -0.495 e. The predicted molar refractivity (Wildman–Crippen MR) is 137 cm³/mol. The fourth-order valence-corrected chi connectivity index (χ4v) is 5.31. The molecule has 6 nitrogen and oxygen atoms in total. The lowest BCUT2D eigenvalue weighted by atomic mass is 9.77. The molecule has 2 aromatic carbocycles. The molecular weight excluding hydrogens is 477 g/mol. The normalized spacial score (nSPS) is 14.7. The minimum absolute atomic E-state index is 0.00601. The standard InChI is InChI=1S/C28H25ClFN5O/c1-17-14-34(16-31-17)24-11-8-20(12-25(24)36-2)26-23-13-21(29)15-35(28(23)33-32-26)27(18-4-3-5-18)19-6-9-22(30)10-7-19/h6-16,18,27H,3-5H2,1-2H3. The molecule has 36 heavy (non-hydrogen) atoms. The third-order valence-electron chi connectivity index (χ3n) is 7.08. The maximum absolute atomic E-state index is 13.7. The van der Waals surface area contributed by atoms with E-state index in [1.165, 1.54) is 18.6 Å². The van der Waals surface area contributed by atoms with E-state index in [0.717, 1.165) is 52.4 Å². The number of aromatic nitrogens is 5. The number of hydrogen-bond donors (Lipinski definition) is 0. The van der Waals surface area contributed by atoms with E-state index in [9.17, 15) is 4.39 Å². The largest absolute Gasteiger partial charge is 0.495 e. The fourth-order valence-electron chi connectivity index (χ4n) is 5.10. The highest BCUT2D eigenvalue weighted by Gasteiger charge is 2.33. The average molecular weight is 502 g/mol. The Bertz CT molecular complexity index is 1500. The van der Waals surface area contributed by atoms with Gasteiger partial charge in [0.15, 0.2) is 5.82 Å². The first-order valence-corrected chi connectivity index (χ1v) is 12.4. The molecule has 0 N–H and O–H groups in total. The van der Waals surface area contributed by atoms with Gasteiger partial charge in [0, 0.05) is 23.5 Å². The van der Waals surface area contributed by atoms with Gasteiger partial charge in [-0.2, -0.15) is 0 Å². The van der Waals surface area contributed by atoms with Gasteiger partial charge in [-0.05, 0) is 61.6 Å². The molecule has 1 saturated carbocycles. The van der Waals surface area contributed by atoms with Crippen LogP contribution in [0.15, 0.2) is 67.3 Å². The van der Waals surface area contributed by atoms with Crippen LogP contribution in [0, 0.1) is 18.7 Å². The molecule has 0 radical (unpaired) electrons. The van der Waals surface area contributed by atoms with E-state index < -0.39 is 0 Å². The highest BCUT2D eigenvalue weighted by molar-refractivity contribution is 6.30. The van der Waals surface area contributed by atoms with Crippen LogP contribution in [0.2, 0.25) is 5.02 Å². The van der Waals surface area contributed by atoms with Crippen LogP contribution in [0.25, 0.3) is 28.3 Å². The van der Waals surface area contributed by atoms with Crippen molar-refractivity contribution in [2.75, 3.05) is 7.11 Å². The minimum atomic E-state index is -0.244. The van der Waals surface area contributed by atoms with Gasteiger partial charge in [0.2, 0.25) is 0 Å². The molecular formula is C28H25ClFN5O. The smallest absolute Gasteiger partial charge is 0.165 e. The van der Waals surface area contributed by atoms with Crippen LogP contribution in [-0.2, 0) is 0 Å². The van der Waals surface area contributed by atoms with Gasteiger partial charge in [-0.1, -0.05) is 36.2 Å². The highest BCUT2D eigenvalue weighted by atomic mass is 35.5. The first-order chi connectivity index (χ1) is 17.5. The molecule has 182 valence electrons. The molecule has 3 aliphatic rings. The fraction of sp³-hybridized carbons (Fsp3) is 0.250. The molecule has 2 aliphatic heterocycles. The number of benzene rings is 2. The van der Waals surface area contributed by atoms with E-state index in [-0.39, 0.29) is 11.9 Å². The number of ether oxygens (including phenoxy) is 1. The van der Waals surface area contributed by atoms with E-state index >= 15 is 0 Å². The molecule has 0 bridgehead atoms. The number of imidazole rings is 1. The van der Waals surface area contributed by atoms with Crippen molar-refractivity contribution in [3.05, 3.63) is 89.3 Å². The molecule has 6 rings (SSSR count). The topological polar surface area (TPSA) is 57.8 Å². The SMILES string of the molecule is COc1cc(-c2nnc3n(C(c4ccc(F)cc4)C4CCC4)cc(Cl)cc2-3)ccc1-n1cnc(C)c1. The Labute approximate surface area is 213 Å². The molecule has 0 saturated heterocycles. The number of pyridine rings is 1. The van der Waals surface area contributed by atoms with Crippen LogP contribution >= 0.6 is 11.6 Å². The van der Waals surface area contributed by atoms with Crippen LogP contribution in [0.3, 0.4) is 0 Å². The van der Waals surface area contributed by atoms with Crippen molar-refractivity contribution < 1.29 is 9.13 Å². The Kier molecular flexibility index (Phi) is 5.72. The van der Waals surface area contributed by atoms with E-state index in [2.05, 4.69) is 19.7 Å². The maximum atomic E-state index is 13.7. The van der Waals surface area contributed by atoms with E-state index in [4.69, 9.17) is 16.3 Å². The molecule has 1 fully saturated rings. The predicted octanol–water partition coefficient (Wildman–Crippen LogP) is 6.73. The average Bonchev–Trinajstić information content (AvgIpc) is 3.47. The molecule has 1 atom stereocenters. The highest BCUT2D eigenvalue weighted by Crippen LogP contribution is 2.44. The molecule has 1 aromatic heterocycles. The molecule has 3 aromatic rings. The second-order valence-corrected chi connectivity index (χ2v) is 9.78. The van der Waals surface area contributed by atoms with Crippen molar-refractivity contribution in [3.8, 4) is 34.1 Å². The first kappa shape index (κ1) is 22.7. The van der Waals surface area contributed by atoms with Crippen LogP contribution in [0.1, 0.15) is 36.6 Å². The molecule has 8 heteroatoms. The molecule has 3 heterocycles. The van der Waals surface area contributed by atoms with Crippen molar-refractivity contribution >= 4 is 11.6 Å². The van der Waals surface area contributed by atoms with Crippen molar-refractivity contribution in [1.29, 1.82) is 0 Å². The van der Waals surface area contributed by atoms with Gasteiger partial charge >= 0.3 is 0 Å². The quantitative estimate of drug-likeness (QED) is 0.259. The number of halogens is 2. The zero-order valence-electron chi connectivity index (χ0n) is 20.0. The Morgan fingerprint density at radius 1 is 1.06 bits per heavy atom. The summed E-state index contributed by atoms with van der Waals surface area (Å²) in [7, 11) is 1.65. The van der Waals surface area contributed by atoms with Crippen molar-refractivity contribution in [2.24, 2.45) is 5.92 Å². The van der Waals surface area contributed by atoms with Crippen molar-refractivity contribution in [3.63, 3.8) is 0 Å². The Hall–Kier alpha value is -3.71. The van der Waals surface area contributed by atoms with Crippen LogP contribution in [0.5, 0.6) is 5.75 Å². The third kappa shape index (κ3) is 3.93. The van der Waals surface area contributed by atoms with Gasteiger partial charge in [0.05, 0.1) is 35.9 Å². The van der Waals surface area contributed by atoms with E-state index in [1.54, 1.807) is 13.4 Å². The summed E-state index contributed by atoms with van der Waals surface area (Å²) in [4.78, 5) is 4.32. The lowest BCUT2D eigenvalue weighted by Gasteiger charge is -2.36. The Morgan fingerprint density at radius 3 is 2.53 bits per heavy atom. The first-order valence-electron chi connectivity index (χ1n) is 12.0. The van der Waals surface area contributed by atoms with Crippen LogP contribution in [0.4, 0.5) is 4.39 Å². The molecule has 0 spiro atoms. The van der Waals surface area contributed by atoms with E-state index in [1.807, 2.05) is 60.3 Å². The Balaban J connectivity index is 1.44. The molecule has 1 aliphatic carbocycles. The molecule has 0 amide bonds. The van der Waals surface area contributed by atoms with Crippen LogP contribution in [-0.4, -0.2) is 31.4 Å². The van der Waals surface area contributed by atoms with Gasteiger partial charge in [0.1, 0.15) is 17.3 Å². The van der Waals surface area contributed by atoms with Gasteiger partial charge < -0.3 is 13.9 Å². The number of rotatable bonds is 6. The lowest BCUT2D eigenvalue weighted by Crippen LogP contribution is -2.27. The number of methoxy groups -OCH3 is 1. The van der Waals surface area contributed by atoms with Crippen LogP contribution < -0.4 is 4.74 Å². The Morgan fingerprint density at radius 2 is 1.86 bits per heavy atom. The molecule has 1 unspecified atom stereocenters. The summed E-state index contributed by atoms with van der Waals surface area (Å²) >= 11 is 6.66. The summed E-state index contributed by atoms with van der Waals surface area (Å²) in [5.74, 6) is 1.64. The summed E-state index contributed by atoms with van der Waals surface area (Å²) < 4.78 is 23.4. The summed E-state index contributed by atoms with van der Waals surface area (Å²) in [6.07, 6.45) is 9.04. The number of fused-ring (bicyclic) bond motifs is 1. The zero-order chi connectivity index (χ0) is 24.8. The number of hydrogen-bond acceptors (Lipinski definition) is 4.